The number of benzene rings is 1. The number of anilines is 3. The van der Waals surface area contributed by atoms with E-state index in [1.165, 1.54) is 11.3 Å². The van der Waals surface area contributed by atoms with Crippen LogP contribution in [0.25, 0.3) is 0 Å². The minimum atomic E-state index is -0.580. The van der Waals surface area contributed by atoms with Gasteiger partial charge in [-0.15, -0.1) is 11.3 Å². The SMILES string of the molecule is Cc1nc(NC(=O)C(C)Nc2cccc(NC(=O)CO)c2)sc1C. The molecule has 0 fully saturated rings. The van der Waals surface area contributed by atoms with Gasteiger partial charge in [-0.1, -0.05) is 6.07 Å². The molecular formula is C16H20N4O3S. The van der Waals surface area contributed by atoms with Gasteiger partial charge in [-0.2, -0.15) is 0 Å². The average Bonchev–Trinajstić information content (AvgIpc) is 2.85. The Kier molecular flexibility index (Phi) is 5.88. The number of carbonyl (C=O) groups excluding carboxylic acids is 2. The predicted octanol–water partition coefficient (Wildman–Crippen LogP) is 2.13. The van der Waals surface area contributed by atoms with Crippen LogP contribution in [0, 0.1) is 13.8 Å². The van der Waals surface area contributed by atoms with Gasteiger partial charge in [0.25, 0.3) is 0 Å². The van der Waals surface area contributed by atoms with Crippen molar-refractivity contribution in [1.29, 1.82) is 0 Å². The molecule has 8 heteroatoms. The minimum Gasteiger partial charge on any atom is -0.387 e. The van der Waals surface area contributed by atoms with Crippen molar-refractivity contribution in [3.63, 3.8) is 0 Å². The summed E-state index contributed by atoms with van der Waals surface area (Å²) in [6, 6.07) is 6.43. The molecule has 1 atom stereocenters. The lowest BCUT2D eigenvalue weighted by Gasteiger charge is -2.15. The molecule has 0 saturated heterocycles. The minimum absolute atomic E-state index is 0.200. The van der Waals surface area contributed by atoms with Gasteiger partial charge in [0.05, 0.1) is 5.69 Å². The first kappa shape index (κ1) is 17.9. The number of thiazole rings is 1. The normalized spacial score (nSPS) is 11.7. The van der Waals surface area contributed by atoms with Crippen molar-refractivity contribution in [2.24, 2.45) is 0 Å². The van der Waals surface area contributed by atoms with Crippen LogP contribution in [0.2, 0.25) is 0 Å². The zero-order valence-electron chi connectivity index (χ0n) is 13.7. The fourth-order valence-corrected chi connectivity index (χ4v) is 2.76. The van der Waals surface area contributed by atoms with Gasteiger partial charge in [0.15, 0.2) is 5.13 Å². The molecule has 1 heterocycles. The Morgan fingerprint density at radius 1 is 1.25 bits per heavy atom. The number of hydrogen-bond acceptors (Lipinski definition) is 6. The third-order valence-corrected chi connectivity index (χ3v) is 4.31. The lowest BCUT2D eigenvalue weighted by Crippen LogP contribution is -2.31. The first-order chi connectivity index (χ1) is 11.4. The number of aromatic nitrogens is 1. The Hall–Kier alpha value is -2.45. The molecule has 0 spiro atoms. The van der Waals surface area contributed by atoms with Crippen molar-refractivity contribution in [2.45, 2.75) is 26.8 Å². The average molecular weight is 348 g/mol. The summed E-state index contributed by atoms with van der Waals surface area (Å²) in [4.78, 5) is 28.8. The Bertz CT molecular complexity index is 725. The molecule has 2 aromatic rings. The van der Waals surface area contributed by atoms with Crippen molar-refractivity contribution >= 4 is 39.7 Å². The summed E-state index contributed by atoms with van der Waals surface area (Å²) in [6.07, 6.45) is 0. The molecule has 0 aliphatic rings. The topological polar surface area (TPSA) is 103 Å². The van der Waals surface area contributed by atoms with Gasteiger partial charge in [-0.05, 0) is 39.0 Å². The first-order valence-electron chi connectivity index (χ1n) is 7.41. The van der Waals surface area contributed by atoms with Crippen molar-refractivity contribution < 1.29 is 14.7 Å². The van der Waals surface area contributed by atoms with Crippen molar-refractivity contribution in [1.82, 2.24) is 4.98 Å². The highest BCUT2D eigenvalue weighted by atomic mass is 32.1. The van der Waals surface area contributed by atoms with Gasteiger partial charge in [-0.3, -0.25) is 9.59 Å². The summed E-state index contributed by atoms with van der Waals surface area (Å²) in [5, 5.41) is 17.7. The smallest absolute Gasteiger partial charge is 0.250 e. The Labute approximate surface area is 144 Å². The molecule has 0 aliphatic carbocycles. The number of rotatable bonds is 6. The zero-order chi connectivity index (χ0) is 17.7. The van der Waals surface area contributed by atoms with E-state index in [4.69, 9.17) is 5.11 Å². The maximum Gasteiger partial charge on any atom is 0.250 e. The number of amides is 2. The quantitative estimate of drug-likeness (QED) is 0.640. The molecule has 0 bridgehead atoms. The number of carbonyl (C=O) groups is 2. The van der Waals surface area contributed by atoms with Crippen molar-refractivity contribution in [2.75, 3.05) is 22.6 Å². The second-order valence-electron chi connectivity index (χ2n) is 5.30. The second-order valence-corrected chi connectivity index (χ2v) is 6.51. The van der Waals surface area contributed by atoms with Crippen LogP contribution in [0.4, 0.5) is 16.5 Å². The van der Waals surface area contributed by atoms with E-state index in [0.717, 1.165) is 10.6 Å². The highest BCUT2D eigenvalue weighted by molar-refractivity contribution is 7.15. The Balaban J connectivity index is 1.98. The number of aliphatic hydroxyl groups excluding tert-OH is 1. The molecule has 1 aromatic heterocycles. The largest absolute Gasteiger partial charge is 0.387 e. The highest BCUT2D eigenvalue weighted by Crippen LogP contribution is 2.21. The first-order valence-corrected chi connectivity index (χ1v) is 8.23. The fourth-order valence-electron chi connectivity index (χ4n) is 1.94. The predicted molar refractivity (Wildman–Crippen MR) is 95.5 cm³/mol. The Morgan fingerprint density at radius 3 is 2.58 bits per heavy atom. The summed E-state index contributed by atoms with van der Waals surface area (Å²) in [5.74, 6) is -0.694. The molecular weight excluding hydrogens is 328 g/mol. The third kappa shape index (κ3) is 4.77. The molecule has 0 saturated carbocycles. The molecule has 1 unspecified atom stereocenters. The maximum atomic E-state index is 12.2. The standard InChI is InChI=1S/C16H20N4O3S/c1-9-11(3)24-16(18-9)20-15(23)10(2)17-12-5-4-6-13(7-12)19-14(22)8-21/h4-7,10,17,21H,8H2,1-3H3,(H,19,22)(H,18,20,23). The van der Waals surface area contributed by atoms with Crippen LogP contribution in [0.5, 0.6) is 0 Å². The van der Waals surface area contributed by atoms with Gasteiger partial charge < -0.3 is 21.1 Å². The summed E-state index contributed by atoms with van der Waals surface area (Å²) >= 11 is 1.44. The zero-order valence-corrected chi connectivity index (χ0v) is 14.5. The fraction of sp³-hybridized carbons (Fsp3) is 0.312. The van der Waals surface area contributed by atoms with Gasteiger partial charge in [0.1, 0.15) is 12.6 Å². The molecule has 2 amide bonds. The molecule has 24 heavy (non-hydrogen) atoms. The van der Waals surface area contributed by atoms with Gasteiger partial charge in [0.2, 0.25) is 11.8 Å². The van der Waals surface area contributed by atoms with E-state index in [1.807, 2.05) is 13.8 Å². The molecule has 128 valence electrons. The second kappa shape index (κ2) is 7.89. The van der Waals surface area contributed by atoms with E-state index in [0.29, 0.717) is 16.5 Å². The van der Waals surface area contributed by atoms with Gasteiger partial charge >= 0.3 is 0 Å². The summed E-state index contributed by atoms with van der Waals surface area (Å²) in [6.45, 7) is 5.01. The maximum absolute atomic E-state index is 12.2. The third-order valence-electron chi connectivity index (χ3n) is 3.33. The van der Waals surface area contributed by atoms with E-state index in [-0.39, 0.29) is 5.91 Å². The van der Waals surface area contributed by atoms with E-state index < -0.39 is 18.6 Å². The van der Waals surface area contributed by atoms with Gasteiger partial charge in [0, 0.05) is 16.3 Å². The van der Waals surface area contributed by atoms with E-state index >= 15 is 0 Å². The van der Waals surface area contributed by atoms with Crippen LogP contribution in [-0.4, -0.2) is 34.6 Å². The van der Waals surface area contributed by atoms with Crippen molar-refractivity contribution in [3.8, 4) is 0 Å². The van der Waals surface area contributed by atoms with E-state index in [1.54, 1.807) is 31.2 Å². The van der Waals surface area contributed by atoms with Crippen LogP contribution in [-0.2, 0) is 9.59 Å². The van der Waals surface area contributed by atoms with E-state index in [9.17, 15) is 9.59 Å². The molecule has 2 rings (SSSR count). The van der Waals surface area contributed by atoms with E-state index in [2.05, 4.69) is 20.9 Å². The number of nitrogens with one attached hydrogen (secondary N) is 3. The van der Waals surface area contributed by atoms with Crippen LogP contribution in [0.15, 0.2) is 24.3 Å². The Morgan fingerprint density at radius 2 is 1.96 bits per heavy atom. The number of aliphatic hydroxyl groups is 1. The molecule has 7 nitrogen and oxygen atoms in total. The lowest BCUT2D eigenvalue weighted by molar-refractivity contribution is -0.119. The lowest BCUT2D eigenvalue weighted by atomic mass is 10.2. The summed E-state index contributed by atoms with van der Waals surface area (Å²) < 4.78 is 0. The summed E-state index contributed by atoms with van der Waals surface area (Å²) in [7, 11) is 0. The number of hydrogen-bond donors (Lipinski definition) is 4. The van der Waals surface area contributed by atoms with Crippen LogP contribution >= 0.6 is 11.3 Å². The molecule has 0 aliphatic heterocycles. The van der Waals surface area contributed by atoms with Crippen LogP contribution < -0.4 is 16.0 Å². The van der Waals surface area contributed by atoms with Crippen molar-refractivity contribution in [3.05, 3.63) is 34.8 Å². The molecule has 4 N–H and O–H groups in total. The monoisotopic (exact) mass is 348 g/mol. The molecule has 1 aromatic carbocycles. The number of nitrogens with zero attached hydrogens (tertiary/aromatic N) is 1. The van der Waals surface area contributed by atoms with Crippen LogP contribution in [0.1, 0.15) is 17.5 Å². The highest BCUT2D eigenvalue weighted by Gasteiger charge is 2.15. The summed E-state index contributed by atoms with van der Waals surface area (Å²) in [5.41, 5.74) is 2.13. The molecule has 0 radical (unpaired) electrons. The van der Waals surface area contributed by atoms with Gasteiger partial charge in [-0.25, -0.2) is 4.98 Å². The van der Waals surface area contributed by atoms with Crippen LogP contribution in [0.3, 0.4) is 0 Å². The number of aryl methyl sites for hydroxylation is 2.